The summed E-state index contributed by atoms with van der Waals surface area (Å²) in [7, 11) is -2.90. The molecule has 0 unspecified atom stereocenters. The van der Waals surface area contributed by atoms with E-state index in [0.717, 1.165) is 6.08 Å². The molecule has 170 valence electrons. The van der Waals surface area contributed by atoms with Gasteiger partial charge >= 0.3 is 0 Å². The van der Waals surface area contributed by atoms with Crippen LogP contribution in [0.3, 0.4) is 0 Å². The van der Waals surface area contributed by atoms with Gasteiger partial charge in [0.25, 0.3) is 5.91 Å². The normalized spacial score (nSPS) is 11.3. The van der Waals surface area contributed by atoms with Crippen LogP contribution in [0.25, 0.3) is 17.2 Å². The highest BCUT2D eigenvalue weighted by Gasteiger charge is 2.26. The number of anilines is 2. The number of primary sulfonamides is 1. The molecule has 0 saturated carbocycles. The maximum Gasteiger partial charge on any atom is 0.252 e. The van der Waals surface area contributed by atoms with Gasteiger partial charge in [-0.2, -0.15) is 0 Å². The molecule has 0 aliphatic rings. The highest BCUT2D eigenvalue weighted by molar-refractivity contribution is 7.89. The summed E-state index contributed by atoms with van der Waals surface area (Å²) >= 11 is 0. The van der Waals surface area contributed by atoms with Crippen LogP contribution in [0.15, 0.2) is 71.6 Å². The molecule has 9 nitrogen and oxygen atoms in total. The number of sulfonamides is 1. The molecule has 0 aliphatic carbocycles. The summed E-state index contributed by atoms with van der Waals surface area (Å²) in [5.74, 6) is -0.985. The monoisotopic (exact) mass is 466 g/mol. The number of nitrogens with two attached hydrogens (primary N) is 3. The average Bonchev–Trinajstić information content (AvgIpc) is 2.78. The van der Waals surface area contributed by atoms with E-state index in [1.807, 2.05) is 0 Å². The van der Waals surface area contributed by atoms with Gasteiger partial charge in [-0.05, 0) is 47.5 Å². The fourth-order valence-electron chi connectivity index (χ4n) is 3.26. The van der Waals surface area contributed by atoms with Crippen LogP contribution in [0, 0.1) is 0 Å². The van der Waals surface area contributed by atoms with Gasteiger partial charge in [-0.1, -0.05) is 30.3 Å². The zero-order chi connectivity index (χ0) is 24.2. The Kier molecular flexibility index (Phi) is 6.80. The summed E-state index contributed by atoms with van der Waals surface area (Å²) in [5.41, 5.74) is 12.5. The Hall–Kier alpha value is -4.15. The molecule has 7 N–H and O–H groups in total. The molecule has 3 aromatic rings. The second kappa shape index (κ2) is 9.55. The van der Waals surface area contributed by atoms with Gasteiger partial charge in [0.2, 0.25) is 15.9 Å². The minimum Gasteiger partial charge on any atom is -0.497 e. The quantitative estimate of drug-likeness (QED) is 0.308. The van der Waals surface area contributed by atoms with Crippen LogP contribution in [0.1, 0.15) is 15.9 Å². The zero-order valence-corrected chi connectivity index (χ0v) is 18.4. The number of nitrogen functional groups attached to an aromatic ring is 1. The highest BCUT2D eigenvalue weighted by atomic mass is 32.2. The van der Waals surface area contributed by atoms with Crippen molar-refractivity contribution in [1.82, 2.24) is 0 Å². The third-order valence-electron chi connectivity index (χ3n) is 4.74. The van der Waals surface area contributed by atoms with Crippen molar-refractivity contribution in [2.24, 2.45) is 10.9 Å². The molecule has 2 amide bonds. The van der Waals surface area contributed by atoms with Crippen molar-refractivity contribution in [2.45, 2.75) is 4.90 Å². The minimum absolute atomic E-state index is 0.00997. The largest absolute Gasteiger partial charge is 0.497 e. The van der Waals surface area contributed by atoms with Crippen molar-refractivity contribution in [2.75, 3.05) is 18.2 Å². The predicted octanol–water partition coefficient (Wildman–Crippen LogP) is 2.34. The maximum absolute atomic E-state index is 12.4. The molecule has 0 spiro atoms. The number of rotatable bonds is 7. The third-order valence-corrected chi connectivity index (χ3v) is 5.74. The topological polar surface area (TPSA) is 168 Å². The van der Waals surface area contributed by atoms with Gasteiger partial charge in [-0.3, -0.25) is 9.59 Å². The van der Waals surface area contributed by atoms with Crippen molar-refractivity contribution in [1.29, 1.82) is 0 Å². The minimum atomic E-state index is -4.42. The summed E-state index contributed by atoms with van der Waals surface area (Å²) in [5, 5.41) is 8.01. The zero-order valence-electron chi connectivity index (χ0n) is 17.6. The number of benzene rings is 3. The fourth-order valence-corrected chi connectivity index (χ4v) is 4.21. The predicted molar refractivity (Wildman–Crippen MR) is 127 cm³/mol. The van der Waals surface area contributed by atoms with Crippen molar-refractivity contribution < 1.29 is 22.7 Å². The van der Waals surface area contributed by atoms with Gasteiger partial charge < -0.3 is 21.5 Å². The Balaban J connectivity index is 2.09. The van der Waals surface area contributed by atoms with Gasteiger partial charge in [0.15, 0.2) is 0 Å². The first-order valence-corrected chi connectivity index (χ1v) is 11.1. The van der Waals surface area contributed by atoms with Crippen molar-refractivity contribution in [3.05, 3.63) is 77.9 Å². The van der Waals surface area contributed by atoms with Gasteiger partial charge in [-0.15, -0.1) is 0 Å². The lowest BCUT2D eigenvalue weighted by atomic mass is 9.96. The first-order valence-electron chi connectivity index (χ1n) is 9.59. The van der Waals surface area contributed by atoms with E-state index in [0.29, 0.717) is 22.6 Å². The van der Waals surface area contributed by atoms with Crippen LogP contribution in [-0.2, 0) is 14.8 Å². The number of carbonyl (C=O) groups is 2. The van der Waals surface area contributed by atoms with Crippen LogP contribution >= 0.6 is 0 Å². The second-order valence-corrected chi connectivity index (χ2v) is 8.46. The molecule has 33 heavy (non-hydrogen) atoms. The summed E-state index contributed by atoms with van der Waals surface area (Å²) in [4.78, 5) is 24.0. The molecule has 0 aromatic heterocycles. The number of ether oxygens (including phenoxy) is 1. The van der Waals surface area contributed by atoms with Crippen LogP contribution < -0.4 is 26.7 Å². The average molecular weight is 467 g/mol. The molecule has 0 bridgehead atoms. The number of primary amides is 1. The highest BCUT2D eigenvalue weighted by Crippen LogP contribution is 2.35. The summed E-state index contributed by atoms with van der Waals surface area (Å²) < 4.78 is 29.8. The molecule has 3 aromatic carbocycles. The lowest BCUT2D eigenvalue weighted by molar-refractivity contribution is -0.111. The molecule has 0 heterocycles. The van der Waals surface area contributed by atoms with E-state index in [1.165, 1.54) is 19.3 Å². The summed E-state index contributed by atoms with van der Waals surface area (Å²) in [6.45, 7) is 0. The Bertz CT molecular complexity index is 1340. The Labute approximate surface area is 190 Å². The smallest absolute Gasteiger partial charge is 0.252 e. The number of methoxy groups -OCH3 is 1. The molecular weight excluding hydrogens is 444 g/mol. The Morgan fingerprint density at radius 1 is 1.03 bits per heavy atom. The van der Waals surface area contributed by atoms with Crippen molar-refractivity contribution in [3.8, 4) is 16.9 Å². The lowest BCUT2D eigenvalue weighted by Gasteiger charge is -2.16. The lowest BCUT2D eigenvalue weighted by Crippen LogP contribution is -2.24. The molecule has 0 radical (unpaired) electrons. The van der Waals surface area contributed by atoms with Crippen LogP contribution in [-0.4, -0.2) is 27.3 Å². The number of hydrogen-bond donors (Lipinski definition) is 4. The molecule has 0 fully saturated rings. The van der Waals surface area contributed by atoms with Crippen molar-refractivity contribution >= 4 is 39.3 Å². The number of nitrogens with one attached hydrogen (secondary N) is 1. The molecule has 0 saturated heterocycles. The first-order chi connectivity index (χ1) is 15.6. The maximum atomic E-state index is 12.4. The third kappa shape index (κ3) is 5.37. The molecule has 3 rings (SSSR count). The van der Waals surface area contributed by atoms with E-state index in [4.69, 9.17) is 21.3 Å². The molecule has 0 aliphatic heterocycles. The molecule has 10 heteroatoms. The van der Waals surface area contributed by atoms with Gasteiger partial charge in [0, 0.05) is 17.3 Å². The van der Waals surface area contributed by atoms with E-state index >= 15 is 0 Å². The van der Waals surface area contributed by atoms with Gasteiger partial charge in [-0.25, -0.2) is 13.6 Å². The first kappa shape index (κ1) is 23.5. The Morgan fingerprint density at radius 2 is 1.67 bits per heavy atom. The van der Waals surface area contributed by atoms with E-state index in [1.54, 1.807) is 54.6 Å². The van der Waals surface area contributed by atoms with Crippen LogP contribution in [0.2, 0.25) is 0 Å². The fraction of sp³-hybridized carbons (Fsp3) is 0.0435. The van der Waals surface area contributed by atoms with Gasteiger partial charge in [0.1, 0.15) is 10.6 Å². The van der Waals surface area contributed by atoms with E-state index < -0.39 is 32.3 Å². The summed E-state index contributed by atoms with van der Waals surface area (Å²) in [6, 6.07) is 16.8. The van der Waals surface area contributed by atoms with E-state index in [-0.39, 0.29) is 11.3 Å². The van der Waals surface area contributed by atoms with E-state index in [2.05, 4.69) is 5.32 Å². The number of carbonyl (C=O) groups excluding carboxylic acids is 2. The van der Waals surface area contributed by atoms with Crippen LogP contribution in [0.5, 0.6) is 5.75 Å². The van der Waals surface area contributed by atoms with Crippen LogP contribution in [0.4, 0.5) is 11.4 Å². The second-order valence-electron chi connectivity index (χ2n) is 6.96. The van der Waals surface area contributed by atoms with Gasteiger partial charge in [0.05, 0.1) is 18.4 Å². The summed E-state index contributed by atoms with van der Waals surface area (Å²) in [6.07, 6.45) is 2.35. The number of hydrogen-bond acceptors (Lipinski definition) is 6. The Morgan fingerprint density at radius 3 is 2.21 bits per heavy atom. The number of amides is 2. The van der Waals surface area contributed by atoms with E-state index in [9.17, 15) is 18.0 Å². The molecule has 0 atom stereocenters. The molecular formula is C23H22N4O5S. The van der Waals surface area contributed by atoms with Crippen molar-refractivity contribution in [3.63, 3.8) is 0 Å². The standard InChI is InChI=1S/C23H22N4O5S/c1-32-17-10-8-16(9-11-17)27-19(28)12-7-15-13-18(14-5-3-2-4-6-14)21(24)20(23(25)29)22(15)33(26,30)31/h2-13H,24H2,1H3,(H2,25,29)(H,27,28)(H2,26,30,31)/b12-7+. The SMILES string of the molecule is COc1ccc(NC(=O)/C=C/c2cc(-c3ccccc3)c(N)c(C(N)=O)c2S(N)(=O)=O)cc1.